The lowest BCUT2D eigenvalue weighted by Crippen LogP contribution is -2.23. The van der Waals surface area contributed by atoms with Crippen LogP contribution in [0.3, 0.4) is 0 Å². The van der Waals surface area contributed by atoms with Gasteiger partial charge in [0.05, 0.1) is 12.0 Å². The Morgan fingerprint density at radius 3 is 2.71 bits per heavy atom. The number of aryl methyl sites for hydroxylation is 1. The van der Waals surface area contributed by atoms with Crippen molar-refractivity contribution in [2.75, 3.05) is 5.32 Å². The second-order valence-electron chi connectivity index (χ2n) is 6.56. The minimum Gasteiger partial charge on any atom is -0.463 e. The second kappa shape index (κ2) is 9.98. The molecule has 8 heteroatoms. The van der Waals surface area contributed by atoms with E-state index in [2.05, 4.69) is 27.4 Å². The SMILES string of the molecule is CCCCCCCCc1nnc(NC(=O)c2ccc(-c3ccco3)[nH]c2=O)s1. The van der Waals surface area contributed by atoms with Gasteiger partial charge in [0.15, 0.2) is 0 Å². The maximum absolute atomic E-state index is 12.4. The van der Waals surface area contributed by atoms with Crippen LogP contribution < -0.4 is 10.9 Å². The van der Waals surface area contributed by atoms with E-state index in [-0.39, 0.29) is 5.56 Å². The zero-order valence-corrected chi connectivity index (χ0v) is 16.7. The molecule has 3 aromatic rings. The van der Waals surface area contributed by atoms with Gasteiger partial charge in [0, 0.05) is 6.42 Å². The van der Waals surface area contributed by atoms with E-state index >= 15 is 0 Å². The van der Waals surface area contributed by atoms with Gasteiger partial charge in [-0.1, -0.05) is 50.4 Å². The molecular formula is C20H24N4O3S. The molecule has 0 saturated carbocycles. The summed E-state index contributed by atoms with van der Waals surface area (Å²) < 4.78 is 5.25. The molecular weight excluding hydrogens is 376 g/mol. The van der Waals surface area contributed by atoms with Crippen LogP contribution in [0.25, 0.3) is 11.5 Å². The number of H-pyrrole nitrogens is 1. The summed E-state index contributed by atoms with van der Waals surface area (Å²) in [5, 5.41) is 12.1. The maximum atomic E-state index is 12.4. The van der Waals surface area contributed by atoms with Crippen molar-refractivity contribution >= 4 is 22.4 Å². The number of nitrogens with zero attached hydrogens (tertiary/aromatic N) is 2. The van der Waals surface area contributed by atoms with Crippen LogP contribution in [-0.2, 0) is 6.42 Å². The fraction of sp³-hybridized carbons (Fsp3) is 0.400. The Balaban J connectivity index is 1.54. The van der Waals surface area contributed by atoms with E-state index in [0.717, 1.165) is 17.8 Å². The summed E-state index contributed by atoms with van der Waals surface area (Å²) in [6.45, 7) is 2.21. The van der Waals surface area contributed by atoms with Gasteiger partial charge in [0.2, 0.25) is 5.13 Å². The number of hydrogen-bond donors (Lipinski definition) is 2. The average molecular weight is 401 g/mol. The minimum atomic E-state index is -0.505. The van der Waals surface area contributed by atoms with Crippen molar-refractivity contribution in [3.8, 4) is 11.5 Å². The van der Waals surface area contributed by atoms with Crippen molar-refractivity contribution in [1.82, 2.24) is 15.2 Å². The molecule has 0 saturated heterocycles. The van der Waals surface area contributed by atoms with Crippen molar-refractivity contribution in [2.45, 2.75) is 51.9 Å². The smallest absolute Gasteiger partial charge is 0.263 e. The molecule has 0 radical (unpaired) electrons. The lowest BCUT2D eigenvalue weighted by molar-refractivity contribution is 0.102. The van der Waals surface area contributed by atoms with E-state index in [1.165, 1.54) is 55.8 Å². The summed E-state index contributed by atoms with van der Waals surface area (Å²) in [6.07, 6.45) is 9.68. The largest absolute Gasteiger partial charge is 0.463 e. The average Bonchev–Trinajstić information content (AvgIpc) is 3.36. The van der Waals surface area contributed by atoms with E-state index in [0.29, 0.717) is 16.6 Å². The number of rotatable bonds is 10. The molecule has 0 fully saturated rings. The first-order valence-electron chi connectivity index (χ1n) is 9.58. The highest BCUT2D eigenvalue weighted by atomic mass is 32.1. The molecule has 7 nitrogen and oxygen atoms in total. The topological polar surface area (TPSA) is 101 Å². The summed E-state index contributed by atoms with van der Waals surface area (Å²) in [4.78, 5) is 27.3. The van der Waals surface area contributed by atoms with Gasteiger partial charge in [0.25, 0.3) is 11.5 Å². The third kappa shape index (κ3) is 5.39. The van der Waals surface area contributed by atoms with E-state index in [1.807, 2.05) is 0 Å². The summed E-state index contributed by atoms with van der Waals surface area (Å²) in [7, 11) is 0. The Morgan fingerprint density at radius 2 is 1.96 bits per heavy atom. The minimum absolute atomic E-state index is 0.0166. The maximum Gasteiger partial charge on any atom is 0.263 e. The number of furan rings is 1. The number of amides is 1. The van der Waals surface area contributed by atoms with E-state index < -0.39 is 11.5 Å². The summed E-state index contributed by atoms with van der Waals surface area (Å²) in [5.74, 6) is 0.0297. The number of aromatic amines is 1. The van der Waals surface area contributed by atoms with Crippen LogP contribution in [0, 0.1) is 0 Å². The number of carbonyl (C=O) groups is 1. The molecule has 3 rings (SSSR count). The number of anilines is 1. The summed E-state index contributed by atoms with van der Waals surface area (Å²) in [5.41, 5.74) is 0.0508. The molecule has 2 N–H and O–H groups in total. The third-order valence-corrected chi connectivity index (χ3v) is 5.27. The van der Waals surface area contributed by atoms with Crippen molar-refractivity contribution in [2.24, 2.45) is 0 Å². The lowest BCUT2D eigenvalue weighted by atomic mass is 10.1. The number of carbonyl (C=O) groups excluding carboxylic acids is 1. The van der Waals surface area contributed by atoms with Gasteiger partial charge in [-0.2, -0.15) is 0 Å². The molecule has 0 aromatic carbocycles. The molecule has 0 atom stereocenters. The number of pyridine rings is 1. The molecule has 3 heterocycles. The zero-order chi connectivity index (χ0) is 19.8. The van der Waals surface area contributed by atoms with Crippen LogP contribution in [0.15, 0.2) is 39.7 Å². The standard InChI is InChI=1S/C20H24N4O3S/c1-2-3-4-5-6-7-10-17-23-24-20(28-17)22-19(26)14-11-12-15(21-18(14)25)16-9-8-13-27-16/h8-9,11-13H,2-7,10H2,1H3,(H,21,25)(H,22,24,26). The number of aromatic nitrogens is 3. The molecule has 0 bridgehead atoms. The van der Waals surface area contributed by atoms with Gasteiger partial charge >= 0.3 is 0 Å². The van der Waals surface area contributed by atoms with Crippen molar-refractivity contribution in [3.05, 3.63) is 51.5 Å². The molecule has 28 heavy (non-hydrogen) atoms. The van der Waals surface area contributed by atoms with E-state index in [1.54, 1.807) is 18.2 Å². The quantitative estimate of drug-likeness (QED) is 0.483. The van der Waals surface area contributed by atoms with Gasteiger partial charge in [-0.05, 0) is 30.7 Å². The Hall–Kier alpha value is -2.74. The first kappa shape index (κ1) is 20.0. The lowest BCUT2D eigenvalue weighted by Gasteiger charge is -2.02. The van der Waals surface area contributed by atoms with Crippen LogP contribution >= 0.6 is 11.3 Å². The van der Waals surface area contributed by atoms with E-state index in [9.17, 15) is 9.59 Å². The van der Waals surface area contributed by atoms with Crippen molar-refractivity contribution in [3.63, 3.8) is 0 Å². The van der Waals surface area contributed by atoms with Gasteiger partial charge < -0.3 is 9.40 Å². The molecule has 1 amide bonds. The van der Waals surface area contributed by atoms with Crippen molar-refractivity contribution < 1.29 is 9.21 Å². The Kier molecular flexibility index (Phi) is 7.13. The predicted octanol–water partition coefficient (Wildman–Crippen LogP) is 4.64. The van der Waals surface area contributed by atoms with Gasteiger partial charge in [0.1, 0.15) is 16.3 Å². The fourth-order valence-electron chi connectivity index (χ4n) is 2.85. The Morgan fingerprint density at radius 1 is 1.14 bits per heavy atom. The van der Waals surface area contributed by atoms with Crippen LogP contribution in [0.4, 0.5) is 5.13 Å². The van der Waals surface area contributed by atoms with Crippen LogP contribution in [0.5, 0.6) is 0 Å². The highest BCUT2D eigenvalue weighted by Gasteiger charge is 2.15. The van der Waals surface area contributed by atoms with Crippen molar-refractivity contribution in [1.29, 1.82) is 0 Å². The second-order valence-corrected chi connectivity index (χ2v) is 7.63. The van der Waals surface area contributed by atoms with Gasteiger partial charge in [-0.15, -0.1) is 10.2 Å². The number of hydrogen-bond acceptors (Lipinski definition) is 6. The molecule has 0 aliphatic heterocycles. The molecule has 0 aliphatic carbocycles. The highest BCUT2D eigenvalue weighted by Crippen LogP contribution is 2.19. The van der Waals surface area contributed by atoms with Crippen LogP contribution in [-0.4, -0.2) is 21.1 Å². The first-order chi connectivity index (χ1) is 13.7. The van der Waals surface area contributed by atoms with Crippen LogP contribution in [0.1, 0.15) is 60.8 Å². The normalized spacial score (nSPS) is 10.9. The van der Waals surface area contributed by atoms with Gasteiger partial charge in [-0.25, -0.2) is 0 Å². The number of nitrogens with one attached hydrogen (secondary N) is 2. The molecule has 0 aliphatic rings. The zero-order valence-electron chi connectivity index (χ0n) is 15.9. The molecule has 0 spiro atoms. The number of unbranched alkanes of at least 4 members (excludes halogenated alkanes) is 5. The Labute approximate surface area is 167 Å². The monoisotopic (exact) mass is 400 g/mol. The summed E-state index contributed by atoms with van der Waals surface area (Å²) >= 11 is 1.35. The highest BCUT2D eigenvalue weighted by molar-refractivity contribution is 7.15. The van der Waals surface area contributed by atoms with Crippen LogP contribution in [0.2, 0.25) is 0 Å². The van der Waals surface area contributed by atoms with Gasteiger partial charge in [-0.3, -0.25) is 14.9 Å². The molecule has 148 valence electrons. The Bertz CT molecular complexity index is 947. The summed E-state index contributed by atoms with van der Waals surface area (Å²) in [6, 6.07) is 6.58. The molecule has 3 aromatic heterocycles. The van der Waals surface area contributed by atoms with E-state index in [4.69, 9.17) is 4.42 Å². The fourth-order valence-corrected chi connectivity index (χ4v) is 3.63. The third-order valence-electron chi connectivity index (χ3n) is 4.37. The molecule has 0 unspecified atom stereocenters. The first-order valence-corrected chi connectivity index (χ1v) is 10.4. The predicted molar refractivity (Wildman–Crippen MR) is 110 cm³/mol.